The second kappa shape index (κ2) is 5.35. The molecule has 3 N–H and O–H groups in total. The van der Waals surface area contributed by atoms with Gasteiger partial charge in [-0.2, -0.15) is 0 Å². The van der Waals surface area contributed by atoms with E-state index in [1.165, 1.54) is 17.0 Å². The lowest BCUT2D eigenvalue weighted by atomic mass is 9.93. The fourth-order valence-corrected chi connectivity index (χ4v) is 1.66. The average molecular weight is 254 g/mol. The zero-order valence-corrected chi connectivity index (χ0v) is 10.9. The summed E-state index contributed by atoms with van der Waals surface area (Å²) in [5.41, 5.74) is 5.32. The minimum Gasteiger partial charge on any atom is -0.508 e. The van der Waals surface area contributed by atoms with Gasteiger partial charge in [-0.05, 0) is 24.1 Å². The van der Waals surface area contributed by atoms with Crippen LogP contribution in [-0.2, 0) is 0 Å². The highest BCUT2D eigenvalue weighted by Gasteiger charge is 2.23. The van der Waals surface area contributed by atoms with Crippen molar-refractivity contribution in [1.29, 1.82) is 0 Å². The van der Waals surface area contributed by atoms with E-state index in [9.17, 15) is 9.18 Å². The molecule has 0 saturated heterocycles. The summed E-state index contributed by atoms with van der Waals surface area (Å²) in [5.74, 6) is -1.35. The molecule has 1 amide bonds. The van der Waals surface area contributed by atoms with E-state index in [0.29, 0.717) is 13.1 Å². The highest BCUT2D eigenvalue weighted by molar-refractivity contribution is 5.94. The number of phenolic OH excluding ortho intramolecular Hbond substituents is 1. The number of hydrogen-bond donors (Lipinski definition) is 2. The molecule has 0 bridgehead atoms. The van der Waals surface area contributed by atoms with Gasteiger partial charge >= 0.3 is 0 Å². The molecule has 0 atom stereocenters. The number of halogens is 1. The van der Waals surface area contributed by atoms with Gasteiger partial charge in [-0.3, -0.25) is 4.79 Å². The second-order valence-electron chi connectivity index (χ2n) is 5.19. The smallest absolute Gasteiger partial charge is 0.256 e. The molecule has 0 aromatic heterocycles. The molecule has 0 radical (unpaired) electrons. The van der Waals surface area contributed by atoms with Crippen molar-refractivity contribution in [2.45, 2.75) is 13.8 Å². The lowest BCUT2D eigenvalue weighted by molar-refractivity contribution is 0.0736. The van der Waals surface area contributed by atoms with Crippen molar-refractivity contribution in [2.24, 2.45) is 11.1 Å². The molecular formula is C13H19FN2O2. The van der Waals surface area contributed by atoms with Crippen LogP contribution in [0.5, 0.6) is 5.75 Å². The van der Waals surface area contributed by atoms with E-state index >= 15 is 0 Å². The van der Waals surface area contributed by atoms with Gasteiger partial charge in [0.25, 0.3) is 5.91 Å². The SMILES string of the molecule is CN(CC(C)(C)CN)C(=O)c1ccc(O)cc1F. The third kappa shape index (κ3) is 3.43. The Kier molecular flexibility index (Phi) is 4.29. The molecule has 1 aromatic carbocycles. The number of carbonyl (C=O) groups is 1. The number of benzene rings is 1. The maximum atomic E-state index is 13.5. The highest BCUT2D eigenvalue weighted by Crippen LogP contribution is 2.19. The van der Waals surface area contributed by atoms with Gasteiger partial charge in [-0.25, -0.2) is 4.39 Å². The largest absolute Gasteiger partial charge is 0.508 e. The molecule has 0 heterocycles. The maximum Gasteiger partial charge on any atom is 0.256 e. The quantitative estimate of drug-likeness (QED) is 0.857. The predicted molar refractivity (Wildman–Crippen MR) is 67.9 cm³/mol. The van der Waals surface area contributed by atoms with Crippen molar-refractivity contribution in [3.63, 3.8) is 0 Å². The lowest BCUT2D eigenvalue weighted by Crippen LogP contribution is -2.40. The van der Waals surface area contributed by atoms with Gasteiger partial charge in [-0.15, -0.1) is 0 Å². The van der Waals surface area contributed by atoms with Crippen molar-refractivity contribution in [3.8, 4) is 5.75 Å². The van der Waals surface area contributed by atoms with Crippen LogP contribution in [0.2, 0.25) is 0 Å². The van der Waals surface area contributed by atoms with E-state index in [4.69, 9.17) is 10.8 Å². The first-order valence-corrected chi connectivity index (χ1v) is 5.71. The van der Waals surface area contributed by atoms with Crippen molar-refractivity contribution < 1.29 is 14.3 Å². The van der Waals surface area contributed by atoms with Gasteiger partial charge in [0.2, 0.25) is 0 Å². The Morgan fingerprint density at radius 1 is 1.50 bits per heavy atom. The molecule has 1 rings (SSSR count). The standard InChI is InChI=1S/C13H19FN2O2/c1-13(2,7-15)8-16(3)12(18)10-5-4-9(17)6-11(10)14/h4-6,17H,7-8,15H2,1-3H3. The number of rotatable bonds is 4. The van der Waals surface area contributed by atoms with Crippen LogP contribution >= 0.6 is 0 Å². The van der Waals surface area contributed by atoms with E-state index in [2.05, 4.69) is 0 Å². The van der Waals surface area contributed by atoms with E-state index in [0.717, 1.165) is 6.07 Å². The number of phenols is 1. The van der Waals surface area contributed by atoms with Crippen LogP contribution in [0.3, 0.4) is 0 Å². The minimum absolute atomic E-state index is 0.0527. The number of amides is 1. The van der Waals surface area contributed by atoms with Crippen LogP contribution in [0.1, 0.15) is 24.2 Å². The highest BCUT2D eigenvalue weighted by atomic mass is 19.1. The summed E-state index contributed by atoms with van der Waals surface area (Å²) >= 11 is 0. The monoisotopic (exact) mass is 254 g/mol. The predicted octanol–water partition coefficient (Wildman–Crippen LogP) is 1.59. The summed E-state index contributed by atoms with van der Waals surface area (Å²) in [6.45, 7) is 4.74. The molecule has 0 aliphatic rings. The average Bonchev–Trinajstić information content (AvgIpc) is 2.27. The van der Waals surface area contributed by atoms with Gasteiger partial charge in [0, 0.05) is 19.7 Å². The summed E-state index contributed by atoms with van der Waals surface area (Å²) in [7, 11) is 1.60. The van der Waals surface area contributed by atoms with Crippen molar-refractivity contribution in [1.82, 2.24) is 4.90 Å². The number of carbonyl (C=O) groups excluding carboxylic acids is 1. The Labute approximate surface area is 106 Å². The van der Waals surface area contributed by atoms with Crippen LogP contribution in [0, 0.1) is 11.2 Å². The number of nitrogens with zero attached hydrogens (tertiary/aromatic N) is 1. The minimum atomic E-state index is -0.725. The summed E-state index contributed by atoms with van der Waals surface area (Å²) < 4.78 is 13.5. The summed E-state index contributed by atoms with van der Waals surface area (Å²) in [6, 6.07) is 3.49. The van der Waals surface area contributed by atoms with Crippen molar-refractivity contribution in [2.75, 3.05) is 20.1 Å². The first kappa shape index (κ1) is 14.4. The molecule has 0 aliphatic carbocycles. The van der Waals surface area contributed by atoms with Gasteiger partial charge in [0.05, 0.1) is 5.56 Å². The summed E-state index contributed by atoms with van der Waals surface area (Å²) in [5, 5.41) is 9.10. The molecule has 4 nitrogen and oxygen atoms in total. The van der Waals surface area contributed by atoms with Crippen LogP contribution in [0.25, 0.3) is 0 Å². The van der Waals surface area contributed by atoms with E-state index < -0.39 is 11.7 Å². The van der Waals surface area contributed by atoms with E-state index in [1.807, 2.05) is 13.8 Å². The Hall–Kier alpha value is -1.62. The van der Waals surface area contributed by atoms with E-state index in [1.54, 1.807) is 7.05 Å². The number of aromatic hydroxyl groups is 1. The fourth-order valence-electron chi connectivity index (χ4n) is 1.66. The van der Waals surface area contributed by atoms with Crippen LogP contribution in [0.4, 0.5) is 4.39 Å². The molecule has 0 saturated carbocycles. The Morgan fingerprint density at radius 3 is 2.61 bits per heavy atom. The zero-order chi connectivity index (χ0) is 13.9. The van der Waals surface area contributed by atoms with Gasteiger partial charge < -0.3 is 15.7 Å². The zero-order valence-electron chi connectivity index (χ0n) is 10.9. The Balaban J connectivity index is 2.87. The van der Waals surface area contributed by atoms with E-state index in [-0.39, 0.29) is 16.7 Å². The molecular weight excluding hydrogens is 235 g/mol. The molecule has 0 aliphatic heterocycles. The third-order valence-electron chi connectivity index (χ3n) is 2.75. The Morgan fingerprint density at radius 2 is 2.11 bits per heavy atom. The van der Waals surface area contributed by atoms with Crippen LogP contribution in [-0.4, -0.2) is 36.1 Å². The molecule has 100 valence electrons. The van der Waals surface area contributed by atoms with Gasteiger partial charge in [-0.1, -0.05) is 13.8 Å². The maximum absolute atomic E-state index is 13.5. The first-order chi connectivity index (χ1) is 8.26. The molecule has 18 heavy (non-hydrogen) atoms. The van der Waals surface area contributed by atoms with Gasteiger partial charge in [0.15, 0.2) is 0 Å². The second-order valence-corrected chi connectivity index (χ2v) is 5.19. The first-order valence-electron chi connectivity index (χ1n) is 5.71. The lowest BCUT2D eigenvalue weighted by Gasteiger charge is -2.29. The van der Waals surface area contributed by atoms with Crippen molar-refractivity contribution in [3.05, 3.63) is 29.6 Å². The molecule has 1 aromatic rings. The van der Waals surface area contributed by atoms with Crippen molar-refractivity contribution >= 4 is 5.91 Å². The normalized spacial score (nSPS) is 11.4. The Bertz CT molecular complexity index is 447. The number of nitrogens with two attached hydrogens (primary N) is 1. The van der Waals surface area contributed by atoms with Gasteiger partial charge in [0.1, 0.15) is 11.6 Å². The topological polar surface area (TPSA) is 66.6 Å². The van der Waals surface area contributed by atoms with Crippen LogP contribution in [0.15, 0.2) is 18.2 Å². The summed E-state index contributed by atoms with van der Waals surface area (Å²) in [4.78, 5) is 13.5. The third-order valence-corrected chi connectivity index (χ3v) is 2.75. The van der Waals surface area contributed by atoms with Crippen LogP contribution < -0.4 is 5.73 Å². The molecule has 0 fully saturated rings. The molecule has 0 spiro atoms. The molecule has 5 heteroatoms. The fraction of sp³-hybridized carbons (Fsp3) is 0.462. The summed E-state index contributed by atoms with van der Waals surface area (Å²) in [6.07, 6.45) is 0. The molecule has 0 unspecified atom stereocenters. The number of hydrogen-bond acceptors (Lipinski definition) is 3.